The van der Waals surface area contributed by atoms with Gasteiger partial charge in [0.1, 0.15) is 11.1 Å². The molecule has 0 saturated heterocycles. The maximum atomic E-state index is 12.5. The molecule has 5 heteroatoms. The van der Waals surface area contributed by atoms with Gasteiger partial charge in [-0.25, -0.2) is 4.98 Å². The number of nitriles is 1. The normalized spacial score (nSPS) is 22.2. The summed E-state index contributed by atoms with van der Waals surface area (Å²) < 4.78 is 0. The van der Waals surface area contributed by atoms with Crippen LogP contribution in [0.3, 0.4) is 0 Å². The van der Waals surface area contributed by atoms with Crippen LogP contribution in [0.4, 0.5) is 0 Å². The SMILES string of the molecule is Cc1cc(C)c(C#N)c(S[C@H](C)C(=O)N[C@H]2CCCC[C@@H]2C)n1. The summed E-state index contributed by atoms with van der Waals surface area (Å²) in [5, 5.41) is 12.9. The van der Waals surface area contributed by atoms with Crippen molar-refractivity contribution in [2.75, 3.05) is 0 Å². The maximum absolute atomic E-state index is 12.5. The van der Waals surface area contributed by atoms with E-state index in [2.05, 4.69) is 23.3 Å². The van der Waals surface area contributed by atoms with Gasteiger partial charge in [-0.05, 0) is 51.2 Å². The van der Waals surface area contributed by atoms with Crippen LogP contribution in [0.15, 0.2) is 11.1 Å². The molecular formula is C18H25N3OS. The minimum absolute atomic E-state index is 0.0404. The first-order valence-electron chi connectivity index (χ1n) is 8.27. The van der Waals surface area contributed by atoms with Gasteiger partial charge in [0.15, 0.2) is 0 Å². The molecule has 4 nitrogen and oxygen atoms in total. The predicted molar refractivity (Wildman–Crippen MR) is 93.3 cm³/mol. The van der Waals surface area contributed by atoms with E-state index in [1.165, 1.54) is 31.0 Å². The lowest BCUT2D eigenvalue weighted by molar-refractivity contribution is -0.121. The fourth-order valence-corrected chi connectivity index (χ4v) is 4.11. The number of amides is 1. The number of rotatable bonds is 4. The van der Waals surface area contributed by atoms with Crippen LogP contribution in [-0.4, -0.2) is 22.2 Å². The van der Waals surface area contributed by atoms with Crippen LogP contribution >= 0.6 is 11.8 Å². The van der Waals surface area contributed by atoms with Crippen LogP contribution in [-0.2, 0) is 4.79 Å². The average molecular weight is 331 g/mol. The van der Waals surface area contributed by atoms with Gasteiger partial charge >= 0.3 is 0 Å². The molecule has 0 aromatic carbocycles. The van der Waals surface area contributed by atoms with Crippen molar-refractivity contribution in [1.29, 1.82) is 5.26 Å². The monoisotopic (exact) mass is 331 g/mol. The molecule has 23 heavy (non-hydrogen) atoms. The van der Waals surface area contributed by atoms with E-state index in [0.29, 0.717) is 16.5 Å². The van der Waals surface area contributed by atoms with Gasteiger partial charge in [-0.1, -0.05) is 31.5 Å². The Morgan fingerprint density at radius 2 is 2.13 bits per heavy atom. The minimum Gasteiger partial charge on any atom is -0.352 e. The highest BCUT2D eigenvalue weighted by atomic mass is 32.2. The lowest BCUT2D eigenvalue weighted by Crippen LogP contribution is -2.44. The van der Waals surface area contributed by atoms with Crippen molar-refractivity contribution in [2.45, 2.75) is 69.7 Å². The van der Waals surface area contributed by atoms with Crippen molar-refractivity contribution in [2.24, 2.45) is 5.92 Å². The molecule has 0 aliphatic heterocycles. The smallest absolute Gasteiger partial charge is 0.233 e. The summed E-state index contributed by atoms with van der Waals surface area (Å²) in [7, 11) is 0. The minimum atomic E-state index is -0.259. The maximum Gasteiger partial charge on any atom is 0.233 e. The average Bonchev–Trinajstić information content (AvgIpc) is 2.49. The van der Waals surface area contributed by atoms with E-state index in [-0.39, 0.29) is 17.2 Å². The third-order valence-corrected chi connectivity index (χ3v) is 5.61. The molecule has 1 aliphatic rings. The molecule has 1 heterocycles. The summed E-state index contributed by atoms with van der Waals surface area (Å²) >= 11 is 1.38. The first kappa shape index (κ1) is 17.8. The summed E-state index contributed by atoms with van der Waals surface area (Å²) in [5.74, 6) is 0.581. The van der Waals surface area contributed by atoms with Crippen LogP contribution in [0.25, 0.3) is 0 Å². The summed E-state index contributed by atoms with van der Waals surface area (Å²) in [5.41, 5.74) is 2.36. The Morgan fingerprint density at radius 1 is 1.43 bits per heavy atom. The Hall–Kier alpha value is -1.54. The second-order valence-electron chi connectivity index (χ2n) is 6.51. The van der Waals surface area contributed by atoms with Crippen molar-refractivity contribution in [3.63, 3.8) is 0 Å². The molecule has 1 saturated carbocycles. The van der Waals surface area contributed by atoms with Crippen LogP contribution in [0, 0.1) is 31.1 Å². The molecule has 1 aromatic rings. The number of hydrogen-bond acceptors (Lipinski definition) is 4. The summed E-state index contributed by atoms with van der Waals surface area (Å²) in [4.78, 5) is 16.9. The number of thioether (sulfide) groups is 1. The summed E-state index contributed by atoms with van der Waals surface area (Å²) in [6.07, 6.45) is 4.70. The number of nitrogens with zero attached hydrogens (tertiary/aromatic N) is 2. The fourth-order valence-electron chi connectivity index (χ4n) is 3.08. The molecule has 1 fully saturated rings. The summed E-state index contributed by atoms with van der Waals surface area (Å²) in [6, 6.07) is 4.39. The van der Waals surface area contributed by atoms with Gasteiger partial charge < -0.3 is 5.32 Å². The van der Waals surface area contributed by atoms with Crippen molar-refractivity contribution in [1.82, 2.24) is 10.3 Å². The Bertz CT molecular complexity index is 623. The quantitative estimate of drug-likeness (QED) is 0.853. The predicted octanol–water partition coefficient (Wildman–Crippen LogP) is 3.75. The lowest BCUT2D eigenvalue weighted by Gasteiger charge is -2.30. The van der Waals surface area contributed by atoms with E-state index in [9.17, 15) is 10.1 Å². The largest absolute Gasteiger partial charge is 0.352 e. The third kappa shape index (κ3) is 4.48. The van der Waals surface area contributed by atoms with E-state index in [1.54, 1.807) is 0 Å². The standard InChI is InChI=1S/C18H25N3OS/c1-11-7-5-6-8-16(11)21-17(22)14(4)23-18-15(10-19)12(2)9-13(3)20-18/h9,11,14,16H,5-8H2,1-4H3,(H,21,22)/t11-,14+,16-/m0/s1. The van der Waals surface area contributed by atoms with Crippen LogP contribution in [0.2, 0.25) is 0 Å². The van der Waals surface area contributed by atoms with Crippen molar-refractivity contribution in [3.8, 4) is 6.07 Å². The molecular weight excluding hydrogens is 306 g/mol. The molecule has 3 atom stereocenters. The highest BCUT2D eigenvalue weighted by molar-refractivity contribution is 8.00. The Labute approximate surface area is 143 Å². The van der Waals surface area contributed by atoms with Crippen molar-refractivity contribution >= 4 is 17.7 Å². The van der Waals surface area contributed by atoms with Gasteiger partial charge in [0.05, 0.1) is 10.8 Å². The molecule has 1 N–H and O–H groups in total. The number of carbonyl (C=O) groups is 1. The number of carbonyl (C=O) groups excluding carboxylic acids is 1. The Morgan fingerprint density at radius 3 is 2.78 bits per heavy atom. The molecule has 1 amide bonds. The molecule has 2 rings (SSSR count). The fraction of sp³-hybridized carbons (Fsp3) is 0.611. The highest BCUT2D eigenvalue weighted by Gasteiger charge is 2.26. The van der Waals surface area contributed by atoms with E-state index < -0.39 is 0 Å². The molecule has 0 bridgehead atoms. The molecule has 124 valence electrons. The van der Waals surface area contributed by atoms with E-state index in [0.717, 1.165) is 17.7 Å². The molecule has 1 aromatic heterocycles. The summed E-state index contributed by atoms with van der Waals surface area (Å²) in [6.45, 7) is 7.91. The van der Waals surface area contributed by atoms with Gasteiger partial charge in [-0.2, -0.15) is 5.26 Å². The molecule has 0 radical (unpaired) electrons. The third-order valence-electron chi connectivity index (χ3n) is 4.52. The van der Waals surface area contributed by atoms with Gasteiger partial charge in [-0.15, -0.1) is 0 Å². The zero-order valence-corrected chi connectivity index (χ0v) is 15.2. The van der Waals surface area contributed by atoms with Crippen molar-refractivity contribution in [3.05, 3.63) is 22.9 Å². The topological polar surface area (TPSA) is 65.8 Å². The van der Waals surface area contributed by atoms with Crippen LogP contribution < -0.4 is 5.32 Å². The Kier molecular flexibility index (Phi) is 6.06. The zero-order valence-electron chi connectivity index (χ0n) is 14.3. The van der Waals surface area contributed by atoms with Crippen LogP contribution in [0.1, 0.15) is 56.4 Å². The highest BCUT2D eigenvalue weighted by Crippen LogP contribution is 2.28. The lowest BCUT2D eigenvalue weighted by atomic mass is 9.86. The molecule has 0 unspecified atom stereocenters. The van der Waals surface area contributed by atoms with Gasteiger partial charge in [0.25, 0.3) is 0 Å². The number of aromatic nitrogens is 1. The second kappa shape index (κ2) is 7.83. The zero-order chi connectivity index (χ0) is 17.0. The van der Waals surface area contributed by atoms with E-state index >= 15 is 0 Å². The number of nitrogens with one attached hydrogen (secondary N) is 1. The van der Waals surface area contributed by atoms with E-state index in [1.807, 2.05) is 26.8 Å². The second-order valence-corrected chi connectivity index (χ2v) is 7.84. The molecule has 0 spiro atoms. The van der Waals surface area contributed by atoms with Gasteiger partial charge in [0.2, 0.25) is 5.91 Å². The van der Waals surface area contributed by atoms with Gasteiger partial charge in [0, 0.05) is 11.7 Å². The first-order valence-corrected chi connectivity index (χ1v) is 9.15. The number of pyridine rings is 1. The van der Waals surface area contributed by atoms with Crippen molar-refractivity contribution < 1.29 is 4.79 Å². The number of aryl methyl sites for hydroxylation is 2. The van der Waals surface area contributed by atoms with Gasteiger partial charge in [-0.3, -0.25) is 4.79 Å². The molecule has 1 aliphatic carbocycles. The van der Waals surface area contributed by atoms with Crippen LogP contribution in [0.5, 0.6) is 0 Å². The number of hydrogen-bond donors (Lipinski definition) is 1. The Balaban J connectivity index is 2.05. The van der Waals surface area contributed by atoms with E-state index in [4.69, 9.17) is 0 Å². The first-order chi connectivity index (χ1) is 10.9.